The van der Waals surface area contributed by atoms with Crippen molar-refractivity contribution in [2.24, 2.45) is 0 Å². The predicted octanol–water partition coefficient (Wildman–Crippen LogP) is 12.4. The molecule has 3 aromatic heterocycles. The van der Waals surface area contributed by atoms with Crippen molar-refractivity contribution in [1.29, 1.82) is 0 Å². The summed E-state index contributed by atoms with van der Waals surface area (Å²) in [6.07, 6.45) is 4.17. The second-order valence-corrected chi connectivity index (χ2v) is 14.4. The van der Waals surface area contributed by atoms with Crippen molar-refractivity contribution in [3.63, 3.8) is 0 Å². The molecule has 0 aliphatic heterocycles. The van der Waals surface area contributed by atoms with Crippen LogP contribution in [0.5, 0.6) is 0 Å². The maximum Gasteiger partial charge on any atom is 0.191 e. The number of hydrogen-bond acceptors (Lipinski definition) is 2. The van der Waals surface area contributed by atoms with E-state index in [1.807, 2.05) is 6.20 Å². The van der Waals surface area contributed by atoms with E-state index < -0.39 is 0 Å². The van der Waals surface area contributed by atoms with Crippen molar-refractivity contribution < 1.29 is 0 Å². The number of aromatic nitrogens is 4. The van der Waals surface area contributed by atoms with Crippen molar-refractivity contribution in [3.05, 3.63) is 176 Å². The average Bonchev–Trinajstić information content (AvgIpc) is 3.73. The van der Waals surface area contributed by atoms with Crippen LogP contribution in [0.15, 0.2) is 170 Å². The fourth-order valence-electron chi connectivity index (χ4n) is 7.65. The van der Waals surface area contributed by atoms with Gasteiger partial charge in [-0.25, -0.2) is 9.55 Å². The molecule has 52 heavy (non-hydrogen) atoms. The largest absolute Gasteiger partial charge is 0.309 e. The Morgan fingerprint density at radius 3 is 2.00 bits per heavy atom. The number of imidazole rings is 1. The molecule has 9 aromatic rings. The highest BCUT2D eigenvalue weighted by Crippen LogP contribution is 2.42. The van der Waals surface area contributed by atoms with Gasteiger partial charge in [-0.1, -0.05) is 72.8 Å². The molecule has 0 fully saturated rings. The lowest BCUT2D eigenvalue weighted by Crippen LogP contribution is -2.20. The molecule has 0 saturated heterocycles. The Bertz CT molecular complexity index is 2730. The first-order valence-corrected chi connectivity index (χ1v) is 17.9. The summed E-state index contributed by atoms with van der Waals surface area (Å²) >= 11 is 0. The molecule has 6 aromatic carbocycles. The Morgan fingerprint density at radius 2 is 1.23 bits per heavy atom. The minimum Gasteiger partial charge on any atom is -0.309 e. The molecule has 0 atom stereocenters. The number of benzene rings is 6. The third-order valence-electron chi connectivity index (χ3n) is 10.1. The van der Waals surface area contributed by atoms with Crippen LogP contribution in [0.3, 0.4) is 0 Å². The Kier molecular flexibility index (Phi) is 7.51. The summed E-state index contributed by atoms with van der Waals surface area (Å²) in [7, 11) is 0. The molecular weight excluding hydrogens is 635 g/mol. The molecule has 0 aliphatic carbocycles. The lowest BCUT2D eigenvalue weighted by Gasteiger charge is -2.27. The molecule has 9 rings (SSSR count). The third kappa shape index (κ3) is 5.25. The zero-order valence-electron chi connectivity index (χ0n) is 29.9. The molecule has 0 spiro atoms. The molecule has 0 bridgehead atoms. The van der Waals surface area contributed by atoms with Gasteiger partial charge < -0.3 is 4.90 Å². The second kappa shape index (κ2) is 12.4. The maximum atomic E-state index is 4.95. The molecule has 0 radical (unpaired) electrons. The first kappa shape index (κ1) is 31.5. The lowest BCUT2D eigenvalue weighted by molar-refractivity contribution is 0.406. The molecule has 0 amide bonds. The van der Waals surface area contributed by atoms with E-state index >= 15 is 0 Å². The third-order valence-corrected chi connectivity index (χ3v) is 10.1. The van der Waals surface area contributed by atoms with Crippen molar-refractivity contribution in [2.45, 2.75) is 33.2 Å². The van der Waals surface area contributed by atoms with Gasteiger partial charge in [-0.15, -0.1) is 0 Å². The fourth-order valence-corrected chi connectivity index (χ4v) is 7.65. The Labute approximate surface area is 304 Å². The molecule has 0 saturated carbocycles. The first-order chi connectivity index (χ1) is 25.4. The van der Waals surface area contributed by atoms with Crippen molar-refractivity contribution in [3.8, 4) is 22.6 Å². The number of nitrogens with zero attached hydrogens (tertiary/aromatic N) is 5. The van der Waals surface area contributed by atoms with Gasteiger partial charge in [0.25, 0.3) is 0 Å². The van der Waals surface area contributed by atoms with Crippen LogP contribution in [0.1, 0.15) is 26.3 Å². The van der Waals surface area contributed by atoms with Crippen LogP contribution in [0.4, 0.5) is 17.1 Å². The average molecular weight is 675 g/mol. The Hall–Kier alpha value is -6.46. The highest BCUT2D eigenvalue weighted by atomic mass is 15.2. The number of para-hydroxylation sites is 4. The predicted molar refractivity (Wildman–Crippen MR) is 218 cm³/mol. The van der Waals surface area contributed by atoms with E-state index in [4.69, 9.17) is 4.98 Å². The minimum atomic E-state index is -0.0736. The van der Waals surface area contributed by atoms with Crippen molar-refractivity contribution in [1.82, 2.24) is 18.7 Å². The summed E-state index contributed by atoms with van der Waals surface area (Å²) in [5, 5.41) is 2.39. The Balaban J connectivity index is 1.26. The van der Waals surface area contributed by atoms with Gasteiger partial charge in [0.15, 0.2) is 17.4 Å². The van der Waals surface area contributed by atoms with Crippen LogP contribution in [0, 0.1) is 6.92 Å². The SMILES string of the molecule is Cc1c(N(c2ccccc2)c2ccc3c4ccccc4n(-c4cc(-c5ccccc5)ccn4)c3c2)cccc1-n1[cH+]n(C(C)(C)C)c2ccccc21. The molecule has 3 heterocycles. The van der Waals surface area contributed by atoms with E-state index in [-0.39, 0.29) is 5.54 Å². The van der Waals surface area contributed by atoms with Gasteiger partial charge in [-0.2, -0.15) is 4.57 Å². The summed E-state index contributed by atoms with van der Waals surface area (Å²) in [4.78, 5) is 7.33. The number of pyridine rings is 1. The summed E-state index contributed by atoms with van der Waals surface area (Å²) in [6, 6.07) is 56.3. The van der Waals surface area contributed by atoms with Crippen molar-refractivity contribution in [2.75, 3.05) is 4.90 Å². The fraction of sp³-hybridized carbons (Fsp3) is 0.106. The van der Waals surface area contributed by atoms with E-state index in [2.05, 4.69) is 210 Å². The topological polar surface area (TPSA) is 30.9 Å². The number of anilines is 3. The molecule has 0 aliphatic rings. The van der Waals surface area contributed by atoms with Gasteiger partial charge in [0.2, 0.25) is 0 Å². The second-order valence-electron chi connectivity index (χ2n) is 14.4. The van der Waals surface area contributed by atoms with E-state index in [0.717, 1.165) is 45.2 Å². The minimum absolute atomic E-state index is 0.0736. The highest BCUT2D eigenvalue weighted by molar-refractivity contribution is 6.10. The van der Waals surface area contributed by atoms with Gasteiger partial charge in [0.05, 0.1) is 22.3 Å². The first-order valence-electron chi connectivity index (χ1n) is 17.9. The van der Waals surface area contributed by atoms with Gasteiger partial charge in [-0.05, 0) is 106 Å². The zero-order chi connectivity index (χ0) is 35.4. The van der Waals surface area contributed by atoms with Gasteiger partial charge in [0.1, 0.15) is 11.5 Å². The number of fused-ring (bicyclic) bond motifs is 4. The molecule has 5 nitrogen and oxygen atoms in total. The van der Waals surface area contributed by atoms with Crippen LogP contribution in [-0.4, -0.2) is 18.7 Å². The monoisotopic (exact) mass is 674 g/mol. The summed E-state index contributed by atoms with van der Waals surface area (Å²) < 4.78 is 7.02. The van der Waals surface area contributed by atoms with Crippen LogP contribution >= 0.6 is 0 Å². The van der Waals surface area contributed by atoms with Crippen molar-refractivity contribution >= 4 is 49.9 Å². The molecule has 5 heteroatoms. The summed E-state index contributed by atoms with van der Waals surface area (Å²) in [5.74, 6) is 0.890. The van der Waals surface area contributed by atoms with E-state index in [1.165, 1.54) is 32.9 Å². The van der Waals surface area contributed by atoms with Gasteiger partial charge in [-0.3, -0.25) is 4.57 Å². The lowest BCUT2D eigenvalue weighted by atomic mass is 10.1. The van der Waals surface area contributed by atoms with E-state index in [9.17, 15) is 0 Å². The summed E-state index contributed by atoms with van der Waals surface area (Å²) in [5.41, 5.74) is 12.5. The zero-order valence-corrected chi connectivity index (χ0v) is 29.9. The van der Waals surface area contributed by atoms with Gasteiger partial charge >= 0.3 is 0 Å². The quantitative estimate of drug-likeness (QED) is 0.164. The van der Waals surface area contributed by atoms with Crippen LogP contribution in [0.2, 0.25) is 0 Å². The van der Waals surface area contributed by atoms with E-state index in [0.29, 0.717) is 0 Å². The van der Waals surface area contributed by atoms with E-state index in [1.54, 1.807) is 0 Å². The molecule has 0 unspecified atom stereocenters. The molecule has 0 N–H and O–H groups in total. The van der Waals surface area contributed by atoms with Crippen LogP contribution in [-0.2, 0) is 5.54 Å². The number of hydrogen-bond donors (Lipinski definition) is 0. The number of rotatable bonds is 6. The summed E-state index contributed by atoms with van der Waals surface area (Å²) in [6.45, 7) is 9.01. The Morgan fingerprint density at radius 1 is 0.558 bits per heavy atom. The van der Waals surface area contributed by atoms with Crippen LogP contribution < -0.4 is 4.90 Å². The normalized spacial score (nSPS) is 11.8. The molecule has 252 valence electrons. The molecular formula is C47H40N5+. The maximum absolute atomic E-state index is 4.95. The highest BCUT2D eigenvalue weighted by Gasteiger charge is 2.27. The van der Waals surface area contributed by atoms with Gasteiger partial charge in [0, 0.05) is 52.1 Å². The van der Waals surface area contributed by atoms with Crippen LogP contribution in [0.25, 0.3) is 55.5 Å². The standard InChI is InChI=1S/C47H40N5/c1-33-40(49-32-50(47(2,3)4)44-23-14-13-22-43(44)49)24-15-25-41(33)51(36-18-9-6-10-19-36)37-26-27-39-38-20-11-12-21-42(38)52(45(39)31-37)46-30-35(28-29-48-46)34-16-7-5-8-17-34/h5-32H,1-4H3/q+1. The smallest absolute Gasteiger partial charge is 0.191 e.